The Bertz CT molecular complexity index is 1180. The van der Waals surface area contributed by atoms with Crippen LogP contribution in [0.15, 0.2) is 69.6 Å². The molecule has 0 bridgehead atoms. The largest absolute Gasteiger partial charge is 0.324 e. The molecule has 0 spiro atoms. The highest BCUT2D eigenvalue weighted by Gasteiger charge is 2.18. The Morgan fingerprint density at radius 1 is 1.20 bits per heavy atom. The molecule has 1 N–H and O–H groups in total. The van der Waals surface area contributed by atoms with Gasteiger partial charge in [-0.3, -0.25) is 9.36 Å². The van der Waals surface area contributed by atoms with Crippen LogP contribution in [0.3, 0.4) is 0 Å². The molecule has 0 aliphatic heterocycles. The van der Waals surface area contributed by atoms with E-state index in [9.17, 15) is 4.79 Å². The van der Waals surface area contributed by atoms with Gasteiger partial charge in [0.05, 0.1) is 16.3 Å². The van der Waals surface area contributed by atoms with E-state index in [1.165, 1.54) is 11.8 Å². The Morgan fingerprint density at radius 3 is 2.70 bits per heavy atom. The molecular formula is C21H16BrClN4OS2. The lowest BCUT2D eigenvalue weighted by atomic mass is 10.2. The van der Waals surface area contributed by atoms with E-state index in [2.05, 4.69) is 31.4 Å². The molecule has 152 valence electrons. The van der Waals surface area contributed by atoms with Crippen molar-refractivity contribution < 1.29 is 4.79 Å². The number of aromatic nitrogens is 3. The molecule has 0 saturated heterocycles. The minimum absolute atomic E-state index is 0.118. The predicted molar refractivity (Wildman–Crippen MR) is 128 cm³/mol. The highest BCUT2D eigenvalue weighted by atomic mass is 79.9. The van der Waals surface area contributed by atoms with Crippen molar-refractivity contribution in [1.29, 1.82) is 0 Å². The van der Waals surface area contributed by atoms with Gasteiger partial charge in [0.25, 0.3) is 0 Å². The Balaban J connectivity index is 1.56. The van der Waals surface area contributed by atoms with Crippen molar-refractivity contribution in [2.45, 2.75) is 12.1 Å². The van der Waals surface area contributed by atoms with Crippen molar-refractivity contribution in [3.05, 3.63) is 75.0 Å². The van der Waals surface area contributed by atoms with E-state index in [0.717, 1.165) is 32.1 Å². The third-order valence-electron chi connectivity index (χ3n) is 4.19. The number of halogens is 2. The van der Waals surface area contributed by atoms with E-state index in [0.29, 0.717) is 10.2 Å². The monoisotopic (exact) mass is 518 g/mol. The summed E-state index contributed by atoms with van der Waals surface area (Å²) < 4.78 is 2.80. The molecule has 9 heteroatoms. The molecule has 0 atom stereocenters. The van der Waals surface area contributed by atoms with Crippen molar-refractivity contribution in [2.24, 2.45) is 0 Å². The summed E-state index contributed by atoms with van der Waals surface area (Å²) in [5, 5.41) is 14.9. The standard InChI is InChI=1S/C21H16BrClN4OS2/c1-13-4-9-17(16(22)11-13)24-19(28)12-30-21-26-25-20(18-3-2-10-29-18)27(21)15-7-5-14(23)6-8-15/h2-11H,12H2,1H3,(H,24,28). The maximum Gasteiger partial charge on any atom is 0.234 e. The molecular weight excluding hydrogens is 504 g/mol. The molecule has 0 unspecified atom stereocenters. The third kappa shape index (κ3) is 4.78. The topological polar surface area (TPSA) is 59.8 Å². The van der Waals surface area contributed by atoms with Crippen LogP contribution in [0.4, 0.5) is 5.69 Å². The van der Waals surface area contributed by atoms with Crippen LogP contribution < -0.4 is 5.32 Å². The zero-order chi connectivity index (χ0) is 21.1. The number of anilines is 1. The van der Waals surface area contributed by atoms with Gasteiger partial charge in [-0.15, -0.1) is 21.5 Å². The van der Waals surface area contributed by atoms with Gasteiger partial charge in [-0.2, -0.15) is 0 Å². The lowest BCUT2D eigenvalue weighted by Gasteiger charge is -2.10. The molecule has 4 rings (SSSR count). The fraction of sp³-hybridized carbons (Fsp3) is 0.0952. The fourth-order valence-electron chi connectivity index (χ4n) is 2.79. The fourth-order valence-corrected chi connectivity index (χ4v) is 4.96. The third-order valence-corrected chi connectivity index (χ3v) is 6.89. The first-order chi connectivity index (χ1) is 14.5. The molecule has 0 fully saturated rings. The molecule has 0 aliphatic rings. The number of hydrogen-bond acceptors (Lipinski definition) is 5. The first-order valence-corrected chi connectivity index (χ1v) is 12.0. The quantitative estimate of drug-likeness (QED) is 0.297. The minimum atomic E-state index is -0.118. The second kappa shape index (κ2) is 9.34. The van der Waals surface area contributed by atoms with Gasteiger partial charge in [0.1, 0.15) is 0 Å². The number of thioether (sulfide) groups is 1. The maximum atomic E-state index is 12.5. The Labute approximate surface area is 195 Å². The number of aryl methyl sites for hydroxylation is 1. The number of carbonyl (C=O) groups is 1. The Morgan fingerprint density at radius 2 is 2.00 bits per heavy atom. The number of thiophene rings is 1. The van der Waals surface area contributed by atoms with Gasteiger partial charge in [0, 0.05) is 15.2 Å². The number of carbonyl (C=O) groups excluding carboxylic acids is 1. The number of benzene rings is 2. The second-order valence-electron chi connectivity index (χ2n) is 6.42. The first-order valence-electron chi connectivity index (χ1n) is 8.95. The lowest BCUT2D eigenvalue weighted by molar-refractivity contribution is -0.113. The van der Waals surface area contributed by atoms with Crippen LogP contribution in [0.25, 0.3) is 16.4 Å². The molecule has 30 heavy (non-hydrogen) atoms. The SMILES string of the molecule is Cc1ccc(NC(=O)CSc2nnc(-c3cccs3)n2-c2ccc(Cl)cc2)c(Br)c1. The van der Waals surface area contributed by atoms with E-state index < -0.39 is 0 Å². The van der Waals surface area contributed by atoms with Crippen molar-refractivity contribution >= 4 is 62.2 Å². The summed E-state index contributed by atoms with van der Waals surface area (Å²) in [5.41, 5.74) is 2.74. The zero-order valence-corrected chi connectivity index (χ0v) is 19.8. The molecule has 2 aromatic heterocycles. The van der Waals surface area contributed by atoms with Gasteiger partial charge in [-0.1, -0.05) is 35.5 Å². The van der Waals surface area contributed by atoms with Gasteiger partial charge in [0.15, 0.2) is 11.0 Å². The summed E-state index contributed by atoms with van der Waals surface area (Å²) in [5.74, 6) is 0.820. The van der Waals surface area contributed by atoms with E-state index in [4.69, 9.17) is 11.6 Å². The maximum absolute atomic E-state index is 12.5. The van der Waals surface area contributed by atoms with Gasteiger partial charge in [0.2, 0.25) is 5.91 Å². The number of nitrogens with one attached hydrogen (secondary N) is 1. The summed E-state index contributed by atoms with van der Waals surface area (Å²) in [6.07, 6.45) is 0. The molecule has 0 saturated carbocycles. The highest BCUT2D eigenvalue weighted by molar-refractivity contribution is 9.10. The average molecular weight is 520 g/mol. The summed E-state index contributed by atoms with van der Waals surface area (Å²) in [4.78, 5) is 13.5. The van der Waals surface area contributed by atoms with Crippen molar-refractivity contribution in [3.8, 4) is 16.4 Å². The van der Waals surface area contributed by atoms with Gasteiger partial charge in [-0.05, 0) is 76.3 Å². The molecule has 2 aromatic carbocycles. The van der Waals surface area contributed by atoms with Gasteiger partial charge in [-0.25, -0.2) is 0 Å². The molecule has 0 radical (unpaired) electrons. The Kier molecular flexibility index (Phi) is 6.58. The van der Waals surface area contributed by atoms with Crippen LogP contribution in [0, 0.1) is 6.92 Å². The Hall–Kier alpha value is -2.13. The van der Waals surface area contributed by atoms with Crippen LogP contribution in [0.5, 0.6) is 0 Å². The van der Waals surface area contributed by atoms with Crippen LogP contribution in [0.2, 0.25) is 5.02 Å². The van der Waals surface area contributed by atoms with Crippen LogP contribution in [0.1, 0.15) is 5.56 Å². The summed E-state index contributed by atoms with van der Waals surface area (Å²) in [7, 11) is 0. The van der Waals surface area contributed by atoms with E-state index >= 15 is 0 Å². The molecule has 4 aromatic rings. The normalized spacial score (nSPS) is 10.9. The van der Waals surface area contributed by atoms with E-state index in [-0.39, 0.29) is 11.7 Å². The van der Waals surface area contributed by atoms with Crippen molar-refractivity contribution in [1.82, 2.24) is 14.8 Å². The molecule has 1 amide bonds. The summed E-state index contributed by atoms with van der Waals surface area (Å²) in [6.45, 7) is 2.00. The van der Waals surface area contributed by atoms with Crippen LogP contribution >= 0.6 is 50.6 Å². The first kappa shape index (κ1) is 21.1. The zero-order valence-electron chi connectivity index (χ0n) is 15.8. The second-order valence-corrected chi connectivity index (χ2v) is 9.60. The smallest absolute Gasteiger partial charge is 0.234 e. The minimum Gasteiger partial charge on any atom is -0.324 e. The van der Waals surface area contributed by atoms with Gasteiger partial charge < -0.3 is 5.32 Å². The highest BCUT2D eigenvalue weighted by Crippen LogP contribution is 2.31. The lowest BCUT2D eigenvalue weighted by Crippen LogP contribution is -2.15. The van der Waals surface area contributed by atoms with Crippen molar-refractivity contribution in [3.63, 3.8) is 0 Å². The number of amides is 1. The van der Waals surface area contributed by atoms with Crippen LogP contribution in [-0.2, 0) is 4.79 Å². The predicted octanol–water partition coefficient (Wildman–Crippen LogP) is 6.45. The van der Waals surface area contributed by atoms with Crippen LogP contribution in [-0.4, -0.2) is 26.4 Å². The molecule has 2 heterocycles. The van der Waals surface area contributed by atoms with E-state index in [1.807, 2.05) is 71.5 Å². The number of hydrogen-bond donors (Lipinski definition) is 1. The van der Waals surface area contributed by atoms with E-state index in [1.54, 1.807) is 11.3 Å². The van der Waals surface area contributed by atoms with Crippen molar-refractivity contribution in [2.75, 3.05) is 11.1 Å². The molecule has 0 aliphatic carbocycles. The molecule has 5 nitrogen and oxygen atoms in total. The summed E-state index contributed by atoms with van der Waals surface area (Å²) in [6, 6.07) is 17.2. The number of nitrogens with zero attached hydrogens (tertiary/aromatic N) is 3. The summed E-state index contributed by atoms with van der Waals surface area (Å²) >= 11 is 12.5. The van der Waals surface area contributed by atoms with Gasteiger partial charge >= 0.3 is 0 Å². The average Bonchev–Trinajstić information content (AvgIpc) is 3.39. The number of rotatable bonds is 6.